The van der Waals surface area contributed by atoms with Crippen LogP contribution in [-0.2, 0) is 4.79 Å². The van der Waals surface area contributed by atoms with E-state index in [0.29, 0.717) is 17.1 Å². The van der Waals surface area contributed by atoms with Crippen LogP contribution in [0.5, 0.6) is 11.5 Å². The van der Waals surface area contributed by atoms with Crippen molar-refractivity contribution >= 4 is 29.0 Å². The Labute approximate surface area is 153 Å². The summed E-state index contributed by atoms with van der Waals surface area (Å²) in [7, 11) is 2.98. The van der Waals surface area contributed by atoms with Gasteiger partial charge in [0, 0.05) is 12.1 Å². The minimum absolute atomic E-state index is 0.146. The topological polar surface area (TPSA) is 134 Å². The first-order chi connectivity index (χ1) is 12.8. The standard InChI is InChI=1S/C17H15N3O7/c1-26-15-7-3-11(9-16(15)27-2)4-8-17(21)18-13-6-5-12(19(22)23)10-14(13)20(24)25/h3-10H,1-2H3,(H,18,21)/b8-4+. The highest BCUT2D eigenvalue weighted by Gasteiger charge is 2.20. The fourth-order valence-corrected chi connectivity index (χ4v) is 2.19. The van der Waals surface area contributed by atoms with Crippen molar-refractivity contribution in [2.24, 2.45) is 0 Å². The number of ether oxygens (including phenoxy) is 2. The Morgan fingerprint density at radius 1 is 1.00 bits per heavy atom. The molecule has 10 heteroatoms. The van der Waals surface area contributed by atoms with Gasteiger partial charge in [-0.05, 0) is 29.8 Å². The molecule has 0 atom stereocenters. The summed E-state index contributed by atoms with van der Waals surface area (Å²) < 4.78 is 10.3. The van der Waals surface area contributed by atoms with E-state index in [-0.39, 0.29) is 5.69 Å². The average Bonchev–Trinajstić information content (AvgIpc) is 2.65. The van der Waals surface area contributed by atoms with Crippen molar-refractivity contribution in [1.82, 2.24) is 0 Å². The highest BCUT2D eigenvalue weighted by Crippen LogP contribution is 2.29. The number of anilines is 1. The van der Waals surface area contributed by atoms with Crippen LogP contribution in [0.15, 0.2) is 42.5 Å². The Morgan fingerprint density at radius 3 is 2.30 bits per heavy atom. The van der Waals surface area contributed by atoms with Gasteiger partial charge in [-0.3, -0.25) is 25.0 Å². The minimum Gasteiger partial charge on any atom is -0.493 e. The van der Waals surface area contributed by atoms with Crippen LogP contribution in [0.2, 0.25) is 0 Å². The molecular formula is C17H15N3O7. The molecule has 2 aromatic carbocycles. The van der Waals surface area contributed by atoms with Crippen LogP contribution in [0.4, 0.5) is 17.1 Å². The number of benzene rings is 2. The number of rotatable bonds is 7. The highest BCUT2D eigenvalue weighted by molar-refractivity contribution is 6.03. The molecule has 1 N–H and O–H groups in total. The van der Waals surface area contributed by atoms with Crippen molar-refractivity contribution in [1.29, 1.82) is 0 Å². The second-order valence-electron chi connectivity index (χ2n) is 5.15. The van der Waals surface area contributed by atoms with Crippen LogP contribution < -0.4 is 14.8 Å². The Hall–Kier alpha value is -3.95. The number of hydrogen-bond acceptors (Lipinski definition) is 7. The summed E-state index contributed by atoms with van der Waals surface area (Å²) in [4.78, 5) is 32.3. The number of non-ortho nitro benzene ring substituents is 1. The van der Waals surface area contributed by atoms with Gasteiger partial charge in [0.05, 0.1) is 30.1 Å². The number of carbonyl (C=O) groups is 1. The molecule has 0 aromatic heterocycles. The largest absolute Gasteiger partial charge is 0.493 e. The Kier molecular flexibility index (Phi) is 6.05. The SMILES string of the molecule is COc1ccc(/C=C/C(=O)Nc2ccc([N+](=O)[O-])cc2[N+](=O)[O-])cc1OC. The van der Waals surface area contributed by atoms with Crippen LogP contribution in [0.1, 0.15) is 5.56 Å². The first-order valence-corrected chi connectivity index (χ1v) is 7.49. The number of methoxy groups -OCH3 is 2. The van der Waals surface area contributed by atoms with Gasteiger partial charge >= 0.3 is 0 Å². The van der Waals surface area contributed by atoms with Gasteiger partial charge in [0.1, 0.15) is 5.69 Å². The van der Waals surface area contributed by atoms with Gasteiger partial charge in [-0.15, -0.1) is 0 Å². The Bertz CT molecular complexity index is 925. The van der Waals surface area contributed by atoms with Gasteiger partial charge in [-0.1, -0.05) is 6.07 Å². The second kappa shape index (κ2) is 8.43. The first kappa shape index (κ1) is 19.4. The van der Waals surface area contributed by atoms with E-state index < -0.39 is 27.1 Å². The quantitative estimate of drug-likeness (QED) is 0.447. The van der Waals surface area contributed by atoms with E-state index in [1.165, 1.54) is 26.4 Å². The maximum absolute atomic E-state index is 12.0. The van der Waals surface area contributed by atoms with Crippen LogP contribution in [-0.4, -0.2) is 30.0 Å². The summed E-state index contributed by atoms with van der Waals surface area (Å²) in [6.07, 6.45) is 2.65. The fraction of sp³-hybridized carbons (Fsp3) is 0.118. The number of hydrogen-bond donors (Lipinski definition) is 1. The van der Waals surface area contributed by atoms with Crippen LogP contribution >= 0.6 is 0 Å². The molecule has 0 heterocycles. The van der Waals surface area contributed by atoms with E-state index >= 15 is 0 Å². The number of nitrogens with zero attached hydrogens (tertiary/aromatic N) is 2. The summed E-state index contributed by atoms with van der Waals surface area (Å²) in [6, 6.07) is 7.97. The van der Waals surface area contributed by atoms with Crippen molar-refractivity contribution in [2.45, 2.75) is 0 Å². The van der Waals surface area contributed by atoms with Crippen LogP contribution in [0.3, 0.4) is 0 Å². The zero-order valence-electron chi connectivity index (χ0n) is 14.4. The molecule has 0 saturated heterocycles. The molecule has 0 saturated carbocycles. The first-order valence-electron chi connectivity index (χ1n) is 7.49. The lowest BCUT2D eigenvalue weighted by Gasteiger charge is -2.07. The normalized spacial score (nSPS) is 10.4. The van der Waals surface area contributed by atoms with Gasteiger partial charge in [0.2, 0.25) is 5.91 Å². The van der Waals surface area contributed by atoms with E-state index in [4.69, 9.17) is 9.47 Å². The number of nitro groups is 2. The molecule has 10 nitrogen and oxygen atoms in total. The van der Waals surface area contributed by atoms with Crippen molar-refractivity contribution in [3.05, 3.63) is 68.3 Å². The minimum atomic E-state index is -0.805. The van der Waals surface area contributed by atoms with Crippen molar-refractivity contribution < 1.29 is 24.1 Å². The summed E-state index contributed by atoms with van der Waals surface area (Å²) >= 11 is 0. The Balaban J connectivity index is 2.19. The molecule has 0 bridgehead atoms. The molecular weight excluding hydrogens is 358 g/mol. The molecule has 0 radical (unpaired) electrons. The van der Waals surface area contributed by atoms with E-state index in [9.17, 15) is 25.0 Å². The molecule has 0 fully saturated rings. The van der Waals surface area contributed by atoms with Gasteiger partial charge in [-0.2, -0.15) is 0 Å². The van der Waals surface area contributed by atoms with Crippen LogP contribution in [0, 0.1) is 20.2 Å². The van der Waals surface area contributed by atoms with E-state index in [1.54, 1.807) is 18.2 Å². The van der Waals surface area contributed by atoms with Crippen molar-refractivity contribution in [3.63, 3.8) is 0 Å². The summed E-state index contributed by atoms with van der Waals surface area (Å²) in [6.45, 7) is 0. The lowest BCUT2D eigenvalue weighted by molar-refractivity contribution is -0.393. The third kappa shape index (κ3) is 4.78. The van der Waals surface area contributed by atoms with Gasteiger partial charge in [-0.25, -0.2) is 0 Å². The maximum Gasteiger partial charge on any atom is 0.299 e. The zero-order chi connectivity index (χ0) is 20.0. The molecule has 27 heavy (non-hydrogen) atoms. The molecule has 0 aliphatic heterocycles. The summed E-state index contributed by atoms with van der Waals surface area (Å²) in [5.74, 6) is 0.369. The summed E-state index contributed by atoms with van der Waals surface area (Å²) in [5, 5.41) is 24.1. The van der Waals surface area contributed by atoms with Crippen LogP contribution in [0.25, 0.3) is 6.08 Å². The number of amides is 1. The van der Waals surface area contributed by atoms with Gasteiger partial charge < -0.3 is 14.8 Å². The smallest absolute Gasteiger partial charge is 0.299 e. The van der Waals surface area contributed by atoms with E-state index in [2.05, 4.69) is 5.32 Å². The molecule has 1 amide bonds. The predicted octanol–water partition coefficient (Wildman–Crippen LogP) is 3.17. The van der Waals surface area contributed by atoms with Gasteiger partial charge in [0.25, 0.3) is 11.4 Å². The predicted molar refractivity (Wildman–Crippen MR) is 97.0 cm³/mol. The highest BCUT2D eigenvalue weighted by atomic mass is 16.6. The zero-order valence-corrected chi connectivity index (χ0v) is 14.4. The lowest BCUT2D eigenvalue weighted by atomic mass is 10.2. The molecule has 2 aromatic rings. The third-order valence-electron chi connectivity index (χ3n) is 3.48. The monoisotopic (exact) mass is 373 g/mol. The van der Waals surface area contributed by atoms with E-state index in [1.807, 2.05) is 0 Å². The maximum atomic E-state index is 12.0. The van der Waals surface area contributed by atoms with Crippen molar-refractivity contribution in [3.8, 4) is 11.5 Å². The molecule has 0 unspecified atom stereocenters. The molecule has 0 aliphatic rings. The van der Waals surface area contributed by atoms with Gasteiger partial charge in [0.15, 0.2) is 11.5 Å². The number of nitrogens with one attached hydrogen (secondary N) is 1. The number of carbonyl (C=O) groups excluding carboxylic acids is 1. The molecule has 2 rings (SSSR count). The molecule has 140 valence electrons. The average molecular weight is 373 g/mol. The van der Waals surface area contributed by atoms with Crippen molar-refractivity contribution in [2.75, 3.05) is 19.5 Å². The summed E-state index contributed by atoms with van der Waals surface area (Å²) in [5.41, 5.74) is -0.522. The molecule has 0 aliphatic carbocycles. The second-order valence-corrected chi connectivity index (χ2v) is 5.15. The molecule has 0 spiro atoms. The number of nitro benzene ring substituents is 2. The van der Waals surface area contributed by atoms with E-state index in [0.717, 1.165) is 18.2 Å². The Morgan fingerprint density at radius 2 is 1.70 bits per heavy atom. The fourth-order valence-electron chi connectivity index (χ4n) is 2.19. The third-order valence-corrected chi connectivity index (χ3v) is 3.48. The lowest BCUT2D eigenvalue weighted by Crippen LogP contribution is -2.09.